The molecule has 0 atom stereocenters. The van der Waals surface area contributed by atoms with E-state index in [-0.39, 0.29) is 18.0 Å². The Bertz CT molecular complexity index is 1310. The highest BCUT2D eigenvalue weighted by molar-refractivity contribution is 5.98. The van der Waals surface area contributed by atoms with Crippen molar-refractivity contribution >= 4 is 22.8 Å². The summed E-state index contributed by atoms with van der Waals surface area (Å²) >= 11 is 0. The Morgan fingerprint density at radius 1 is 1.12 bits per heavy atom. The summed E-state index contributed by atoms with van der Waals surface area (Å²) in [7, 11) is 1.80. The molecule has 8 nitrogen and oxygen atoms in total. The highest BCUT2D eigenvalue weighted by atomic mass is 16.5. The molecule has 33 heavy (non-hydrogen) atoms. The molecule has 166 valence electrons. The Morgan fingerprint density at radius 3 is 2.52 bits per heavy atom. The highest BCUT2D eigenvalue weighted by Crippen LogP contribution is 2.40. The van der Waals surface area contributed by atoms with Gasteiger partial charge in [0, 0.05) is 18.7 Å². The van der Waals surface area contributed by atoms with E-state index in [9.17, 15) is 4.79 Å². The first-order valence-corrected chi connectivity index (χ1v) is 10.8. The Morgan fingerprint density at radius 2 is 1.82 bits per heavy atom. The SMILES string of the molecule is C=CC(=O)N(C)[C@H]1C[C@@H](n2nc(-c3ccc(Oc4ccccc4)cc3)c3c(N)ncnc32)C1. The molecule has 1 fully saturated rings. The topological polar surface area (TPSA) is 99.2 Å². The van der Waals surface area contributed by atoms with Crippen molar-refractivity contribution in [2.24, 2.45) is 0 Å². The molecule has 4 aromatic rings. The van der Waals surface area contributed by atoms with Crippen LogP contribution in [0.15, 0.2) is 73.6 Å². The zero-order valence-corrected chi connectivity index (χ0v) is 18.3. The number of para-hydroxylation sites is 1. The third kappa shape index (κ3) is 3.80. The number of likely N-dealkylation sites (N-methyl/N-ethyl adjacent to an activating group) is 1. The number of anilines is 1. The van der Waals surface area contributed by atoms with Crippen LogP contribution in [-0.2, 0) is 4.79 Å². The minimum absolute atomic E-state index is 0.0751. The van der Waals surface area contributed by atoms with E-state index >= 15 is 0 Å². The maximum Gasteiger partial charge on any atom is 0.245 e. The van der Waals surface area contributed by atoms with Crippen molar-refractivity contribution in [2.75, 3.05) is 12.8 Å². The van der Waals surface area contributed by atoms with E-state index in [2.05, 4.69) is 16.5 Å². The summed E-state index contributed by atoms with van der Waals surface area (Å²) in [4.78, 5) is 22.3. The van der Waals surface area contributed by atoms with Gasteiger partial charge in [0.1, 0.15) is 29.3 Å². The molecule has 0 bridgehead atoms. The van der Waals surface area contributed by atoms with Crippen molar-refractivity contribution < 1.29 is 9.53 Å². The number of nitrogens with zero attached hydrogens (tertiary/aromatic N) is 5. The van der Waals surface area contributed by atoms with E-state index in [1.807, 2.05) is 59.3 Å². The summed E-state index contributed by atoms with van der Waals surface area (Å²) in [5, 5.41) is 5.61. The van der Waals surface area contributed by atoms with Gasteiger partial charge in [-0.1, -0.05) is 24.8 Å². The Labute approximate surface area is 191 Å². The number of rotatable bonds is 6. The third-order valence-corrected chi connectivity index (χ3v) is 6.13. The van der Waals surface area contributed by atoms with Crippen LogP contribution < -0.4 is 10.5 Å². The number of fused-ring (bicyclic) bond motifs is 1. The number of carbonyl (C=O) groups is 1. The van der Waals surface area contributed by atoms with Gasteiger partial charge in [-0.25, -0.2) is 14.6 Å². The van der Waals surface area contributed by atoms with Crippen LogP contribution in [0.5, 0.6) is 11.5 Å². The predicted molar refractivity (Wildman–Crippen MR) is 127 cm³/mol. The Kier molecular flexibility index (Phi) is 5.26. The number of benzene rings is 2. The number of aromatic nitrogens is 4. The molecular weight excluding hydrogens is 416 g/mol. The van der Waals surface area contributed by atoms with E-state index in [1.165, 1.54) is 12.4 Å². The number of nitrogens with two attached hydrogens (primary N) is 1. The molecule has 8 heteroatoms. The van der Waals surface area contributed by atoms with Crippen LogP contribution in [0.25, 0.3) is 22.3 Å². The van der Waals surface area contributed by atoms with E-state index in [0.717, 1.165) is 41.0 Å². The number of nitrogen functional groups attached to an aromatic ring is 1. The van der Waals surface area contributed by atoms with Gasteiger partial charge in [-0.3, -0.25) is 4.79 Å². The van der Waals surface area contributed by atoms with Crippen LogP contribution in [0, 0.1) is 0 Å². The molecule has 1 amide bonds. The second kappa shape index (κ2) is 8.38. The molecule has 2 heterocycles. The van der Waals surface area contributed by atoms with Gasteiger partial charge < -0.3 is 15.4 Å². The smallest absolute Gasteiger partial charge is 0.245 e. The molecule has 0 radical (unpaired) electrons. The Balaban J connectivity index is 1.44. The second-order valence-corrected chi connectivity index (χ2v) is 8.12. The molecule has 2 aromatic heterocycles. The number of hydrogen-bond donors (Lipinski definition) is 1. The fraction of sp³-hybridized carbons (Fsp3) is 0.200. The standard InChI is InChI=1S/C25H24N6O2/c1-3-21(32)30(2)17-13-18(14-17)31-25-22(24(26)27-15-28-25)23(29-31)16-9-11-20(12-10-16)33-19-7-5-4-6-8-19/h3-12,15,17-18H,1,13-14H2,2H3,(H2,26,27,28)/t17-,18+. The zero-order valence-electron chi connectivity index (χ0n) is 18.3. The first kappa shape index (κ1) is 20.7. The van der Waals surface area contributed by atoms with Crippen molar-refractivity contribution in [1.29, 1.82) is 0 Å². The lowest BCUT2D eigenvalue weighted by atomic mass is 9.85. The molecule has 0 unspecified atom stereocenters. The average Bonchev–Trinajstić information content (AvgIpc) is 3.19. The number of hydrogen-bond acceptors (Lipinski definition) is 6. The van der Waals surface area contributed by atoms with E-state index in [1.54, 1.807) is 11.9 Å². The first-order chi connectivity index (χ1) is 16.0. The first-order valence-electron chi connectivity index (χ1n) is 10.8. The van der Waals surface area contributed by atoms with Gasteiger partial charge >= 0.3 is 0 Å². The van der Waals surface area contributed by atoms with Gasteiger partial charge in [0.25, 0.3) is 0 Å². The van der Waals surface area contributed by atoms with Gasteiger partial charge in [-0.2, -0.15) is 5.10 Å². The highest BCUT2D eigenvalue weighted by Gasteiger charge is 2.37. The van der Waals surface area contributed by atoms with E-state index < -0.39 is 0 Å². The van der Waals surface area contributed by atoms with Gasteiger partial charge in [0.2, 0.25) is 5.91 Å². The maximum atomic E-state index is 11.9. The summed E-state index contributed by atoms with van der Waals surface area (Å²) in [5.74, 6) is 1.82. The van der Waals surface area contributed by atoms with Gasteiger partial charge in [0.15, 0.2) is 5.65 Å². The lowest BCUT2D eigenvalue weighted by Crippen LogP contribution is -2.45. The molecule has 1 aliphatic rings. The number of carbonyl (C=O) groups excluding carboxylic acids is 1. The monoisotopic (exact) mass is 440 g/mol. The van der Waals surface area contributed by atoms with Crippen molar-refractivity contribution in [1.82, 2.24) is 24.6 Å². The number of ether oxygens (including phenoxy) is 1. The lowest BCUT2D eigenvalue weighted by Gasteiger charge is -2.40. The van der Waals surface area contributed by atoms with Crippen LogP contribution in [0.2, 0.25) is 0 Å². The fourth-order valence-electron chi connectivity index (χ4n) is 4.16. The van der Waals surface area contributed by atoms with Crippen molar-refractivity contribution in [3.05, 3.63) is 73.6 Å². The number of amides is 1. The van der Waals surface area contributed by atoms with Crippen LogP contribution in [-0.4, -0.2) is 43.6 Å². The molecule has 1 aliphatic carbocycles. The summed E-state index contributed by atoms with van der Waals surface area (Å²) in [6.45, 7) is 3.57. The van der Waals surface area contributed by atoms with Crippen LogP contribution in [0.3, 0.4) is 0 Å². The minimum atomic E-state index is -0.0751. The maximum absolute atomic E-state index is 11.9. The lowest BCUT2D eigenvalue weighted by molar-refractivity contribution is -0.129. The molecule has 0 aliphatic heterocycles. The quantitative estimate of drug-likeness (QED) is 0.451. The molecule has 1 saturated carbocycles. The normalized spacial score (nSPS) is 17.4. The summed E-state index contributed by atoms with van der Waals surface area (Å²) < 4.78 is 7.82. The second-order valence-electron chi connectivity index (χ2n) is 8.12. The van der Waals surface area contributed by atoms with Gasteiger partial charge in [-0.15, -0.1) is 0 Å². The Hall–Kier alpha value is -4.20. The summed E-state index contributed by atoms with van der Waals surface area (Å²) in [5.41, 5.74) is 8.57. The zero-order chi connectivity index (χ0) is 22.9. The van der Waals surface area contributed by atoms with Gasteiger partial charge in [-0.05, 0) is 55.3 Å². The molecular formula is C25H24N6O2. The molecule has 5 rings (SSSR count). The van der Waals surface area contributed by atoms with Crippen molar-refractivity contribution in [2.45, 2.75) is 24.9 Å². The summed E-state index contributed by atoms with van der Waals surface area (Å²) in [6, 6.07) is 17.6. The van der Waals surface area contributed by atoms with Crippen molar-refractivity contribution in [3.63, 3.8) is 0 Å². The van der Waals surface area contributed by atoms with Crippen LogP contribution in [0.4, 0.5) is 5.82 Å². The molecule has 0 saturated heterocycles. The molecule has 2 aromatic carbocycles. The largest absolute Gasteiger partial charge is 0.457 e. The molecule has 2 N–H and O–H groups in total. The third-order valence-electron chi connectivity index (χ3n) is 6.13. The fourth-order valence-corrected chi connectivity index (χ4v) is 4.16. The summed E-state index contributed by atoms with van der Waals surface area (Å²) in [6.07, 6.45) is 4.38. The predicted octanol–water partition coefficient (Wildman–Crippen LogP) is 4.22. The van der Waals surface area contributed by atoms with Gasteiger partial charge in [0.05, 0.1) is 11.4 Å². The van der Waals surface area contributed by atoms with E-state index in [4.69, 9.17) is 15.6 Å². The molecule has 0 spiro atoms. The minimum Gasteiger partial charge on any atom is -0.457 e. The van der Waals surface area contributed by atoms with Crippen LogP contribution in [0.1, 0.15) is 18.9 Å². The van der Waals surface area contributed by atoms with Crippen LogP contribution >= 0.6 is 0 Å². The van der Waals surface area contributed by atoms with E-state index in [0.29, 0.717) is 11.5 Å². The van der Waals surface area contributed by atoms with Crippen molar-refractivity contribution in [3.8, 4) is 22.8 Å². The average molecular weight is 441 g/mol.